The number of hydrogen-bond acceptors (Lipinski definition) is 2. The average Bonchev–Trinajstić information content (AvgIpc) is 2.37. The number of carbonyl (C=O) groups is 1. The topological polar surface area (TPSA) is 26.3 Å². The van der Waals surface area contributed by atoms with Gasteiger partial charge in [-0.05, 0) is 42.8 Å². The maximum atomic E-state index is 13.0. The van der Waals surface area contributed by atoms with Crippen LogP contribution >= 0.6 is 11.6 Å². The third kappa shape index (κ3) is 3.55. The molecule has 0 bridgehead atoms. The Morgan fingerprint density at radius 3 is 2.68 bits per heavy atom. The Morgan fingerprint density at radius 1 is 1.26 bits per heavy atom. The predicted octanol–water partition coefficient (Wildman–Crippen LogP) is 4.26. The van der Waals surface area contributed by atoms with Crippen LogP contribution in [-0.2, 0) is 6.61 Å². The van der Waals surface area contributed by atoms with E-state index in [0.29, 0.717) is 21.9 Å². The number of benzene rings is 2. The van der Waals surface area contributed by atoms with Crippen molar-refractivity contribution >= 4 is 17.4 Å². The van der Waals surface area contributed by atoms with Crippen molar-refractivity contribution in [1.29, 1.82) is 0 Å². The molecule has 0 unspecified atom stereocenters. The van der Waals surface area contributed by atoms with Crippen molar-refractivity contribution in [2.24, 2.45) is 0 Å². The molecule has 98 valence electrons. The van der Waals surface area contributed by atoms with E-state index in [1.807, 2.05) is 0 Å². The lowest BCUT2D eigenvalue weighted by atomic mass is 10.1. The minimum Gasteiger partial charge on any atom is -0.487 e. The normalized spacial score (nSPS) is 10.3. The summed E-state index contributed by atoms with van der Waals surface area (Å²) in [6.45, 7) is 1.69. The smallest absolute Gasteiger partial charge is 0.159 e. The summed E-state index contributed by atoms with van der Waals surface area (Å²) in [6, 6.07) is 11.0. The van der Waals surface area contributed by atoms with Crippen LogP contribution in [-0.4, -0.2) is 5.78 Å². The molecule has 0 radical (unpaired) electrons. The van der Waals surface area contributed by atoms with Crippen molar-refractivity contribution in [1.82, 2.24) is 0 Å². The standard InChI is InChI=1S/C15H12ClFO2/c1-10(18)12-5-6-15(14(16)8-12)19-9-11-3-2-4-13(17)7-11/h2-8H,9H2,1H3. The first kappa shape index (κ1) is 13.6. The summed E-state index contributed by atoms with van der Waals surface area (Å²) in [5, 5.41) is 0.365. The minimum absolute atomic E-state index is 0.0569. The molecular formula is C15H12ClFO2. The van der Waals surface area contributed by atoms with Gasteiger partial charge in [-0.1, -0.05) is 23.7 Å². The van der Waals surface area contributed by atoms with Gasteiger partial charge < -0.3 is 4.74 Å². The molecule has 0 saturated carbocycles. The molecule has 4 heteroatoms. The van der Waals surface area contributed by atoms with Crippen LogP contribution in [0.4, 0.5) is 4.39 Å². The summed E-state index contributed by atoms with van der Waals surface area (Å²) in [5.41, 5.74) is 1.25. The molecule has 2 rings (SSSR count). The van der Waals surface area contributed by atoms with Gasteiger partial charge in [0.1, 0.15) is 18.2 Å². The van der Waals surface area contributed by atoms with Crippen molar-refractivity contribution in [2.45, 2.75) is 13.5 Å². The van der Waals surface area contributed by atoms with Crippen LogP contribution in [0.25, 0.3) is 0 Å². The van der Waals surface area contributed by atoms with E-state index in [9.17, 15) is 9.18 Å². The van der Waals surface area contributed by atoms with E-state index < -0.39 is 0 Å². The molecule has 0 atom stereocenters. The second kappa shape index (κ2) is 5.85. The maximum Gasteiger partial charge on any atom is 0.159 e. The van der Waals surface area contributed by atoms with Gasteiger partial charge in [0, 0.05) is 5.56 Å². The lowest BCUT2D eigenvalue weighted by Gasteiger charge is -2.09. The Bertz CT molecular complexity index is 611. The van der Waals surface area contributed by atoms with Gasteiger partial charge in [0.2, 0.25) is 0 Å². The van der Waals surface area contributed by atoms with Crippen molar-refractivity contribution in [3.8, 4) is 5.75 Å². The number of hydrogen-bond donors (Lipinski definition) is 0. The van der Waals surface area contributed by atoms with Crippen molar-refractivity contribution in [3.05, 3.63) is 64.4 Å². The largest absolute Gasteiger partial charge is 0.487 e. The van der Waals surface area contributed by atoms with Gasteiger partial charge in [-0.15, -0.1) is 0 Å². The monoisotopic (exact) mass is 278 g/mol. The van der Waals surface area contributed by atoms with Crippen LogP contribution in [0.3, 0.4) is 0 Å². The zero-order chi connectivity index (χ0) is 13.8. The lowest BCUT2D eigenvalue weighted by molar-refractivity contribution is 0.101. The maximum absolute atomic E-state index is 13.0. The minimum atomic E-state index is -0.306. The van der Waals surface area contributed by atoms with Gasteiger partial charge in [-0.3, -0.25) is 4.79 Å². The fourth-order valence-electron chi connectivity index (χ4n) is 1.62. The predicted molar refractivity (Wildman–Crippen MR) is 72.2 cm³/mol. The fourth-order valence-corrected chi connectivity index (χ4v) is 1.86. The first-order valence-corrected chi connectivity index (χ1v) is 6.12. The van der Waals surface area contributed by atoms with Gasteiger partial charge in [-0.2, -0.15) is 0 Å². The number of rotatable bonds is 4. The number of Topliss-reactive ketones (excluding diaryl/α,β-unsaturated/α-hetero) is 1. The molecule has 0 amide bonds. The molecule has 0 aliphatic carbocycles. The molecule has 0 aliphatic heterocycles. The summed E-state index contributed by atoms with van der Waals surface area (Å²) in [5.74, 6) is 0.105. The van der Waals surface area contributed by atoms with Crippen LogP contribution in [0, 0.1) is 5.82 Å². The first-order valence-electron chi connectivity index (χ1n) is 5.74. The van der Waals surface area contributed by atoms with E-state index >= 15 is 0 Å². The Morgan fingerprint density at radius 2 is 2.05 bits per heavy atom. The Hall–Kier alpha value is -1.87. The summed E-state index contributed by atoms with van der Waals surface area (Å²) >= 11 is 6.02. The zero-order valence-electron chi connectivity index (χ0n) is 10.3. The van der Waals surface area contributed by atoms with Gasteiger partial charge in [0.25, 0.3) is 0 Å². The SMILES string of the molecule is CC(=O)c1ccc(OCc2cccc(F)c2)c(Cl)c1. The molecule has 0 spiro atoms. The summed E-state index contributed by atoms with van der Waals surface area (Å²) in [7, 11) is 0. The van der Waals surface area contributed by atoms with Crippen LogP contribution in [0.15, 0.2) is 42.5 Å². The van der Waals surface area contributed by atoms with Crippen molar-refractivity contribution < 1.29 is 13.9 Å². The number of ketones is 1. The molecule has 2 aromatic rings. The Balaban J connectivity index is 2.10. The van der Waals surface area contributed by atoms with E-state index in [2.05, 4.69) is 0 Å². The molecule has 0 aliphatic rings. The molecule has 0 aromatic heterocycles. The van der Waals surface area contributed by atoms with Gasteiger partial charge in [0.05, 0.1) is 5.02 Å². The number of ether oxygens (including phenoxy) is 1. The molecule has 2 aromatic carbocycles. The van der Waals surface area contributed by atoms with Crippen LogP contribution in [0.2, 0.25) is 5.02 Å². The molecule has 0 saturated heterocycles. The highest BCUT2D eigenvalue weighted by molar-refractivity contribution is 6.32. The second-order valence-electron chi connectivity index (χ2n) is 4.12. The third-order valence-corrected chi connectivity index (χ3v) is 2.92. The highest BCUT2D eigenvalue weighted by Crippen LogP contribution is 2.26. The summed E-state index contributed by atoms with van der Waals surface area (Å²) in [6.07, 6.45) is 0. The van der Waals surface area contributed by atoms with Crippen LogP contribution in [0.5, 0.6) is 5.75 Å². The molecule has 0 fully saturated rings. The quantitative estimate of drug-likeness (QED) is 0.781. The summed E-state index contributed by atoms with van der Waals surface area (Å²) < 4.78 is 18.5. The van der Waals surface area contributed by atoms with Gasteiger partial charge >= 0.3 is 0 Å². The molecule has 0 N–H and O–H groups in total. The number of carbonyl (C=O) groups excluding carboxylic acids is 1. The third-order valence-electron chi connectivity index (χ3n) is 2.62. The van der Waals surface area contributed by atoms with Gasteiger partial charge in [-0.25, -0.2) is 4.39 Å². The van der Waals surface area contributed by atoms with Crippen LogP contribution in [0.1, 0.15) is 22.8 Å². The molecule has 2 nitrogen and oxygen atoms in total. The molecule has 19 heavy (non-hydrogen) atoms. The lowest BCUT2D eigenvalue weighted by Crippen LogP contribution is -1.98. The molecule has 0 heterocycles. The molecular weight excluding hydrogens is 267 g/mol. The fraction of sp³-hybridized carbons (Fsp3) is 0.133. The van der Waals surface area contributed by atoms with Crippen molar-refractivity contribution in [2.75, 3.05) is 0 Å². The van der Waals surface area contributed by atoms with Crippen LogP contribution < -0.4 is 4.74 Å². The van der Waals surface area contributed by atoms with Gasteiger partial charge in [0.15, 0.2) is 5.78 Å². The summed E-state index contributed by atoms with van der Waals surface area (Å²) in [4.78, 5) is 11.2. The average molecular weight is 279 g/mol. The van der Waals surface area contributed by atoms with E-state index in [1.165, 1.54) is 19.1 Å². The van der Waals surface area contributed by atoms with E-state index in [0.717, 1.165) is 0 Å². The zero-order valence-corrected chi connectivity index (χ0v) is 11.1. The van der Waals surface area contributed by atoms with E-state index in [-0.39, 0.29) is 18.2 Å². The van der Waals surface area contributed by atoms with E-state index in [1.54, 1.807) is 30.3 Å². The Kier molecular flexibility index (Phi) is 4.17. The Labute approximate surface area is 115 Å². The highest BCUT2D eigenvalue weighted by atomic mass is 35.5. The van der Waals surface area contributed by atoms with Crippen molar-refractivity contribution in [3.63, 3.8) is 0 Å². The second-order valence-corrected chi connectivity index (χ2v) is 4.53. The van der Waals surface area contributed by atoms with E-state index in [4.69, 9.17) is 16.3 Å². The number of halogens is 2. The highest BCUT2D eigenvalue weighted by Gasteiger charge is 2.06. The first-order chi connectivity index (χ1) is 9.06.